The highest BCUT2D eigenvalue weighted by atomic mass is 16.5. The van der Waals surface area contributed by atoms with Crippen LogP contribution in [0.4, 0.5) is 11.4 Å². The van der Waals surface area contributed by atoms with Crippen LogP contribution in [0.25, 0.3) is 11.1 Å². The fourth-order valence-corrected chi connectivity index (χ4v) is 9.51. The molecule has 0 N–H and O–H groups in total. The van der Waals surface area contributed by atoms with Gasteiger partial charge in [0.25, 0.3) is 23.6 Å². The van der Waals surface area contributed by atoms with Gasteiger partial charge in [0.1, 0.15) is 47.7 Å². The van der Waals surface area contributed by atoms with Crippen molar-refractivity contribution in [2.45, 2.75) is 5.41 Å². The molecule has 2 heterocycles. The monoisotopic (exact) mass is 900 g/mol. The first kappa shape index (κ1) is 42.0. The highest BCUT2D eigenvalue weighted by Crippen LogP contribution is 2.56. The average molecular weight is 901 g/mol. The molecule has 10 nitrogen and oxygen atoms in total. The van der Waals surface area contributed by atoms with Gasteiger partial charge in [-0.1, -0.05) is 84.6 Å². The maximum Gasteiger partial charge on any atom is 0.266 e. The van der Waals surface area contributed by atoms with Crippen LogP contribution in [0.5, 0.6) is 34.5 Å². The summed E-state index contributed by atoms with van der Waals surface area (Å²) in [5.74, 6) is 5.99. The first-order valence-electron chi connectivity index (χ1n) is 21.9. The van der Waals surface area contributed by atoms with Crippen molar-refractivity contribution in [3.63, 3.8) is 0 Å². The molecule has 0 radical (unpaired) electrons. The molecule has 0 saturated heterocycles. The molecule has 0 spiro atoms. The Bertz CT molecular complexity index is 3260. The van der Waals surface area contributed by atoms with Gasteiger partial charge in [0, 0.05) is 0 Å². The number of hydrogen-bond acceptors (Lipinski definition) is 8. The van der Waals surface area contributed by atoms with E-state index in [2.05, 4.69) is 36.1 Å². The number of carbonyl (C=O) groups is 4. The number of hydrogen-bond donors (Lipinski definition) is 0. The van der Waals surface area contributed by atoms with E-state index in [4.69, 9.17) is 31.8 Å². The molecule has 0 fully saturated rings. The van der Waals surface area contributed by atoms with Gasteiger partial charge in [0.15, 0.2) is 0 Å². The summed E-state index contributed by atoms with van der Waals surface area (Å²) in [5.41, 5.74) is 7.56. The van der Waals surface area contributed by atoms with Crippen molar-refractivity contribution in [2.24, 2.45) is 0 Å². The van der Waals surface area contributed by atoms with Crippen molar-refractivity contribution >= 4 is 35.0 Å². The molecule has 69 heavy (non-hydrogen) atoms. The summed E-state index contributed by atoms with van der Waals surface area (Å²) < 4.78 is 23.6. The fourth-order valence-electron chi connectivity index (χ4n) is 9.51. The summed E-state index contributed by atoms with van der Waals surface area (Å²) in [7, 11) is 0. The second-order valence-corrected chi connectivity index (χ2v) is 16.4. The third-order valence-corrected chi connectivity index (χ3v) is 12.5. The molecule has 330 valence electrons. The van der Waals surface area contributed by atoms with Crippen molar-refractivity contribution in [3.8, 4) is 70.3 Å². The lowest BCUT2D eigenvalue weighted by molar-refractivity contribution is 0.0910. The third kappa shape index (κ3) is 7.03. The van der Waals surface area contributed by atoms with Crippen LogP contribution >= 0.6 is 0 Å². The van der Waals surface area contributed by atoms with Crippen LogP contribution in [0.2, 0.25) is 0 Å². The minimum Gasteiger partial charge on any atom is -0.481 e. The molecule has 8 aromatic carbocycles. The summed E-state index contributed by atoms with van der Waals surface area (Å²) in [4.78, 5) is 56.4. The quantitative estimate of drug-likeness (QED) is 0.0880. The van der Waals surface area contributed by atoms with Crippen LogP contribution in [-0.2, 0) is 5.41 Å². The standard InChI is InChI=1S/C59H36N2O8/c1-3-33-66-41-25-17-39(18-26-41)60-55(62)49-31-29-45(35-51(49)57(60)64)68-43-21-13-37(14-22-43)59(53-11-7-5-9-47(53)48-10-6-8-12-54(48)59)38-15-23-44(24-16-38)69-46-30-32-50-52(36-46)58(65)61(56(50)63)40-19-27-42(28-20-40)67-34-4-2/h1-2,5-32,35-36H,33-34H2. The predicted molar refractivity (Wildman–Crippen MR) is 261 cm³/mol. The van der Waals surface area contributed by atoms with E-state index in [1.54, 1.807) is 84.9 Å². The van der Waals surface area contributed by atoms with Crippen molar-refractivity contribution < 1.29 is 38.1 Å². The summed E-state index contributed by atoms with van der Waals surface area (Å²) in [5, 5.41) is 0. The van der Waals surface area contributed by atoms with Crippen molar-refractivity contribution in [2.75, 3.05) is 23.0 Å². The summed E-state index contributed by atoms with van der Waals surface area (Å²) >= 11 is 0. The fraction of sp³-hybridized carbons (Fsp3) is 0.0508. The van der Waals surface area contributed by atoms with Gasteiger partial charge in [-0.3, -0.25) is 19.2 Å². The highest BCUT2D eigenvalue weighted by Gasteiger charge is 2.46. The molecule has 10 heteroatoms. The summed E-state index contributed by atoms with van der Waals surface area (Å²) in [6.45, 7) is 0.205. The van der Waals surface area contributed by atoms with Crippen LogP contribution in [-0.4, -0.2) is 36.8 Å². The number of benzene rings is 8. The largest absolute Gasteiger partial charge is 0.481 e. The van der Waals surface area contributed by atoms with Gasteiger partial charge in [0.2, 0.25) is 0 Å². The number of anilines is 2. The maximum absolute atomic E-state index is 13.6. The van der Waals surface area contributed by atoms with Gasteiger partial charge >= 0.3 is 0 Å². The first-order chi connectivity index (χ1) is 33.8. The van der Waals surface area contributed by atoms with Crippen LogP contribution in [0, 0.1) is 24.7 Å². The number of ether oxygens (including phenoxy) is 4. The van der Waals surface area contributed by atoms with Gasteiger partial charge < -0.3 is 18.9 Å². The zero-order valence-electron chi connectivity index (χ0n) is 36.5. The van der Waals surface area contributed by atoms with E-state index in [1.165, 1.54) is 0 Å². The van der Waals surface area contributed by atoms with Gasteiger partial charge in [-0.25, -0.2) is 9.80 Å². The minimum atomic E-state index is -0.741. The molecule has 0 bridgehead atoms. The van der Waals surface area contributed by atoms with Crippen LogP contribution in [0.15, 0.2) is 182 Å². The van der Waals surface area contributed by atoms with Gasteiger partial charge in [-0.15, -0.1) is 12.8 Å². The number of rotatable bonds is 12. The van der Waals surface area contributed by atoms with E-state index in [0.29, 0.717) is 45.9 Å². The summed E-state index contributed by atoms with van der Waals surface area (Å²) in [6, 6.07) is 55.6. The average Bonchev–Trinajstić information content (AvgIpc) is 3.93. The molecule has 4 amide bonds. The van der Waals surface area contributed by atoms with Crippen LogP contribution < -0.4 is 28.7 Å². The van der Waals surface area contributed by atoms with E-state index in [1.807, 2.05) is 72.8 Å². The van der Waals surface area contributed by atoms with Gasteiger partial charge in [0.05, 0.1) is 39.0 Å². The number of nitrogens with zero attached hydrogens (tertiary/aromatic N) is 2. The molecule has 0 aromatic heterocycles. The second-order valence-electron chi connectivity index (χ2n) is 16.4. The van der Waals surface area contributed by atoms with Crippen molar-refractivity contribution in [3.05, 3.63) is 226 Å². The second kappa shape index (κ2) is 17.0. The SMILES string of the molecule is C#CCOc1ccc(N2C(=O)c3ccc(Oc4ccc(C5(c6ccc(Oc7ccc8c(c7)C(=O)N(c7ccc(OCC#C)cc7)C8=O)cc6)c6ccccc6-c6ccccc65)cc4)cc3C2=O)cc1. The molecular formula is C59H36N2O8. The number of amides is 4. The maximum atomic E-state index is 13.6. The zero-order valence-corrected chi connectivity index (χ0v) is 36.5. The molecule has 1 aliphatic carbocycles. The lowest BCUT2D eigenvalue weighted by Gasteiger charge is -2.34. The zero-order chi connectivity index (χ0) is 47.2. The Morgan fingerprint density at radius 1 is 0.377 bits per heavy atom. The lowest BCUT2D eigenvalue weighted by Crippen LogP contribution is -2.29. The van der Waals surface area contributed by atoms with Crippen LogP contribution in [0.3, 0.4) is 0 Å². The molecule has 8 aromatic rings. The molecule has 0 atom stereocenters. The van der Waals surface area contributed by atoms with E-state index in [-0.39, 0.29) is 35.5 Å². The number of fused-ring (bicyclic) bond motifs is 5. The number of imide groups is 2. The van der Waals surface area contributed by atoms with E-state index in [9.17, 15) is 19.2 Å². The number of carbonyl (C=O) groups excluding carboxylic acids is 4. The third-order valence-electron chi connectivity index (χ3n) is 12.5. The normalized spacial score (nSPS) is 13.8. The van der Waals surface area contributed by atoms with E-state index in [0.717, 1.165) is 43.2 Å². The smallest absolute Gasteiger partial charge is 0.266 e. The predicted octanol–water partition coefficient (Wildman–Crippen LogP) is 11.3. The molecule has 3 aliphatic rings. The van der Waals surface area contributed by atoms with Gasteiger partial charge in [-0.05, 0) is 143 Å². The van der Waals surface area contributed by atoms with Crippen LogP contribution in [0.1, 0.15) is 63.7 Å². The highest BCUT2D eigenvalue weighted by molar-refractivity contribution is 6.35. The van der Waals surface area contributed by atoms with E-state index < -0.39 is 29.0 Å². The molecule has 11 rings (SSSR count). The van der Waals surface area contributed by atoms with Crippen molar-refractivity contribution in [1.82, 2.24) is 0 Å². The molecule has 0 saturated carbocycles. The molecule has 2 aliphatic heterocycles. The Morgan fingerprint density at radius 3 is 1.12 bits per heavy atom. The Kier molecular flexibility index (Phi) is 10.3. The Labute approximate surface area is 396 Å². The van der Waals surface area contributed by atoms with Gasteiger partial charge in [-0.2, -0.15) is 0 Å². The first-order valence-corrected chi connectivity index (χ1v) is 21.9. The Hall–Kier alpha value is -9.64. The molecule has 0 unspecified atom stereocenters. The minimum absolute atomic E-state index is 0.103. The Morgan fingerprint density at radius 2 is 0.725 bits per heavy atom. The van der Waals surface area contributed by atoms with Crippen molar-refractivity contribution in [1.29, 1.82) is 0 Å². The number of terminal acetylenes is 2. The lowest BCUT2D eigenvalue weighted by atomic mass is 9.68. The summed E-state index contributed by atoms with van der Waals surface area (Å²) in [6.07, 6.45) is 10.6. The molecular weight excluding hydrogens is 865 g/mol. The Balaban J connectivity index is 0.865. The van der Waals surface area contributed by atoms with E-state index >= 15 is 0 Å². The topological polar surface area (TPSA) is 112 Å².